The Balaban J connectivity index is 1.81. The van der Waals surface area contributed by atoms with Crippen LogP contribution in [0, 0.1) is 6.92 Å². The average Bonchev–Trinajstić information content (AvgIpc) is 3.01. The van der Waals surface area contributed by atoms with Crippen molar-refractivity contribution in [3.8, 4) is 0 Å². The van der Waals surface area contributed by atoms with Crippen molar-refractivity contribution >= 4 is 46.7 Å². The maximum Gasteiger partial charge on any atom is 0.282 e. The van der Waals surface area contributed by atoms with Gasteiger partial charge in [-0.25, -0.2) is 4.99 Å². The Hall–Kier alpha value is -2.88. The van der Waals surface area contributed by atoms with Crippen LogP contribution in [0.2, 0.25) is 10.0 Å². The summed E-state index contributed by atoms with van der Waals surface area (Å²) in [5.74, 6) is 0.403. The first-order valence-electron chi connectivity index (χ1n) is 8.74. The number of benzene rings is 3. The molecule has 1 aliphatic rings. The summed E-state index contributed by atoms with van der Waals surface area (Å²) in [5, 5.41) is 1.26. The number of carbonyl (C=O) groups is 1. The molecule has 3 aromatic rings. The Labute approximate surface area is 173 Å². The van der Waals surface area contributed by atoms with Gasteiger partial charge in [0.1, 0.15) is 11.5 Å². The molecule has 28 heavy (non-hydrogen) atoms. The number of hydrogen-bond donors (Lipinski definition) is 0. The summed E-state index contributed by atoms with van der Waals surface area (Å²) < 4.78 is 0. The fraction of sp³-hybridized carbons (Fsp3) is 0.0435. The van der Waals surface area contributed by atoms with Crippen molar-refractivity contribution < 1.29 is 4.79 Å². The number of hydrogen-bond acceptors (Lipinski definition) is 2. The van der Waals surface area contributed by atoms with Crippen LogP contribution in [0.3, 0.4) is 0 Å². The molecule has 3 aromatic carbocycles. The molecule has 1 aliphatic heterocycles. The number of amides is 1. The predicted molar refractivity (Wildman–Crippen MR) is 116 cm³/mol. The second kappa shape index (κ2) is 7.63. The molecular weight excluding hydrogens is 391 g/mol. The quantitative estimate of drug-likeness (QED) is 0.481. The van der Waals surface area contributed by atoms with Crippen LogP contribution >= 0.6 is 23.2 Å². The van der Waals surface area contributed by atoms with Gasteiger partial charge in [-0.15, -0.1) is 0 Å². The van der Waals surface area contributed by atoms with Crippen LogP contribution in [0.4, 0.5) is 5.69 Å². The fourth-order valence-corrected chi connectivity index (χ4v) is 3.21. The Bertz CT molecular complexity index is 1080. The van der Waals surface area contributed by atoms with E-state index in [0.717, 1.165) is 16.7 Å². The van der Waals surface area contributed by atoms with Gasteiger partial charge in [-0.1, -0.05) is 65.2 Å². The van der Waals surface area contributed by atoms with Crippen LogP contribution < -0.4 is 4.90 Å². The van der Waals surface area contributed by atoms with Crippen molar-refractivity contribution in [1.82, 2.24) is 0 Å². The highest BCUT2D eigenvalue weighted by Gasteiger charge is 2.32. The Morgan fingerprint density at radius 2 is 1.39 bits per heavy atom. The third-order valence-corrected chi connectivity index (χ3v) is 4.93. The van der Waals surface area contributed by atoms with Crippen LogP contribution in [0.15, 0.2) is 83.5 Å². The lowest BCUT2D eigenvalue weighted by atomic mass is 10.1. The number of rotatable bonds is 3. The minimum absolute atomic E-state index is 0.187. The fourth-order valence-electron chi connectivity index (χ4n) is 2.96. The van der Waals surface area contributed by atoms with Gasteiger partial charge in [0.25, 0.3) is 5.91 Å². The molecule has 0 bridgehead atoms. The van der Waals surface area contributed by atoms with E-state index in [1.165, 1.54) is 0 Å². The number of aliphatic imine (C=N–C) groups is 1. The number of halogens is 2. The lowest BCUT2D eigenvalue weighted by molar-refractivity contribution is -0.113. The van der Waals surface area contributed by atoms with E-state index in [9.17, 15) is 4.79 Å². The normalized spacial score (nSPS) is 15.2. The van der Waals surface area contributed by atoms with Gasteiger partial charge in [-0.05, 0) is 55.0 Å². The molecule has 1 amide bonds. The van der Waals surface area contributed by atoms with Gasteiger partial charge >= 0.3 is 0 Å². The molecule has 0 aliphatic carbocycles. The first-order valence-corrected chi connectivity index (χ1v) is 9.50. The molecule has 0 spiro atoms. The predicted octanol–water partition coefficient (Wildman–Crippen LogP) is 6.14. The molecule has 5 heteroatoms. The van der Waals surface area contributed by atoms with Gasteiger partial charge in [0.2, 0.25) is 0 Å². The molecular formula is C23H16Cl2N2O. The SMILES string of the molecule is Cc1ccc(C2=N/C(=C/c3ccc(Cl)cc3)C(=O)N2c2ccc(Cl)cc2)cc1. The van der Waals surface area contributed by atoms with Crippen molar-refractivity contribution in [2.75, 3.05) is 4.90 Å². The van der Waals surface area contributed by atoms with E-state index in [0.29, 0.717) is 27.3 Å². The van der Waals surface area contributed by atoms with Crippen LogP contribution in [-0.2, 0) is 4.79 Å². The molecule has 0 aromatic heterocycles. The maximum absolute atomic E-state index is 13.2. The molecule has 138 valence electrons. The number of carbonyl (C=O) groups excluding carboxylic acids is 1. The topological polar surface area (TPSA) is 32.7 Å². The first kappa shape index (κ1) is 18.5. The van der Waals surface area contributed by atoms with E-state index in [1.807, 2.05) is 55.5 Å². The molecule has 4 rings (SSSR count). The lowest BCUT2D eigenvalue weighted by Gasteiger charge is -2.18. The van der Waals surface area contributed by atoms with E-state index in [1.54, 1.807) is 35.2 Å². The summed E-state index contributed by atoms with van der Waals surface area (Å²) in [5.41, 5.74) is 3.95. The van der Waals surface area contributed by atoms with Crippen LogP contribution in [0.5, 0.6) is 0 Å². The molecule has 1 heterocycles. The second-order valence-electron chi connectivity index (χ2n) is 6.50. The largest absolute Gasteiger partial charge is 0.282 e. The molecule has 0 saturated carbocycles. The third-order valence-electron chi connectivity index (χ3n) is 4.43. The highest BCUT2D eigenvalue weighted by Crippen LogP contribution is 2.29. The first-order chi connectivity index (χ1) is 13.5. The Kier molecular flexibility index (Phi) is 5.03. The lowest BCUT2D eigenvalue weighted by Crippen LogP contribution is -2.32. The van der Waals surface area contributed by atoms with E-state index in [-0.39, 0.29) is 5.91 Å². The van der Waals surface area contributed by atoms with Crippen molar-refractivity contribution in [3.05, 3.63) is 105 Å². The van der Waals surface area contributed by atoms with E-state index < -0.39 is 0 Å². The summed E-state index contributed by atoms with van der Waals surface area (Å²) in [6.07, 6.45) is 1.77. The zero-order valence-corrected chi connectivity index (χ0v) is 16.6. The van der Waals surface area contributed by atoms with Crippen molar-refractivity contribution in [2.45, 2.75) is 6.92 Å². The van der Waals surface area contributed by atoms with E-state index in [4.69, 9.17) is 23.2 Å². The molecule has 0 saturated heterocycles. The minimum Gasteiger partial charge on any atom is -0.266 e. The zero-order valence-electron chi connectivity index (χ0n) is 15.1. The maximum atomic E-state index is 13.2. The Morgan fingerprint density at radius 1 is 0.821 bits per heavy atom. The van der Waals surface area contributed by atoms with Gasteiger partial charge in [-0.2, -0.15) is 0 Å². The standard InChI is InChI=1S/C23H16Cl2N2O/c1-15-2-6-17(7-3-15)22-26-21(14-16-4-8-18(24)9-5-16)23(28)27(22)20-12-10-19(25)11-13-20/h2-14H,1H3/b21-14+. The molecule has 3 nitrogen and oxygen atoms in total. The monoisotopic (exact) mass is 406 g/mol. The number of anilines is 1. The van der Waals surface area contributed by atoms with E-state index in [2.05, 4.69) is 4.99 Å². The highest BCUT2D eigenvalue weighted by atomic mass is 35.5. The van der Waals surface area contributed by atoms with Crippen LogP contribution in [-0.4, -0.2) is 11.7 Å². The zero-order chi connectivity index (χ0) is 19.7. The molecule has 0 unspecified atom stereocenters. The van der Waals surface area contributed by atoms with Gasteiger partial charge in [-0.3, -0.25) is 9.69 Å². The molecule has 0 radical (unpaired) electrons. The smallest absolute Gasteiger partial charge is 0.266 e. The van der Waals surface area contributed by atoms with Gasteiger partial charge < -0.3 is 0 Å². The third kappa shape index (κ3) is 3.72. The highest BCUT2D eigenvalue weighted by molar-refractivity contribution is 6.34. The number of amidine groups is 1. The summed E-state index contributed by atoms with van der Waals surface area (Å²) in [4.78, 5) is 19.5. The van der Waals surface area contributed by atoms with Crippen LogP contribution in [0.25, 0.3) is 6.08 Å². The average molecular weight is 407 g/mol. The van der Waals surface area contributed by atoms with E-state index >= 15 is 0 Å². The van der Waals surface area contributed by atoms with Gasteiger partial charge in [0.05, 0.1) is 5.69 Å². The van der Waals surface area contributed by atoms with Crippen molar-refractivity contribution in [2.24, 2.45) is 4.99 Å². The van der Waals surface area contributed by atoms with Crippen molar-refractivity contribution in [1.29, 1.82) is 0 Å². The molecule has 0 atom stereocenters. The number of nitrogens with zero attached hydrogens (tertiary/aromatic N) is 2. The summed E-state index contributed by atoms with van der Waals surface area (Å²) in [6.45, 7) is 2.02. The summed E-state index contributed by atoms with van der Waals surface area (Å²) in [7, 11) is 0. The number of aryl methyl sites for hydroxylation is 1. The summed E-state index contributed by atoms with van der Waals surface area (Å²) >= 11 is 12.0. The summed E-state index contributed by atoms with van der Waals surface area (Å²) in [6, 6.07) is 22.4. The second-order valence-corrected chi connectivity index (χ2v) is 7.37. The molecule has 0 fully saturated rings. The minimum atomic E-state index is -0.187. The van der Waals surface area contributed by atoms with Crippen molar-refractivity contribution in [3.63, 3.8) is 0 Å². The van der Waals surface area contributed by atoms with Gasteiger partial charge in [0, 0.05) is 15.6 Å². The van der Waals surface area contributed by atoms with Crippen LogP contribution in [0.1, 0.15) is 16.7 Å². The Morgan fingerprint density at radius 3 is 2.00 bits per heavy atom. The van der Waals surface area contributed by atoms with Gasteiger partial charge in [0.15, 0.2) is 0 Å². The molecule has 0 N–H and O–H groups in total.